The van der Waals surface area contributed by atoms with Gasteiger partial charge in [0.2, 0.25) is 5.91 Å². The number of benzene rings is 1. The van der Waals surface area contributed by atoms with Crippen molar-refractivity contribution in [3.05, 3.63) is 28.2 Å². The average Bonchev–Trinajstić information content (AvgIpc) is 2.45. The quantitative estimate of drug-likeness (QED) is 0.847. The first-order valence-electron chi connectivity index (χ1n) is 7.27. The van der Waals surface area contributed by atoms with Gasteiger partial charge in [0, 0.05) is 42.3 Å². The fraction of sp³-hybridized carbons (Fsp3) is 0.500. The van der Waals surface area contributed by atoms with Crippen LogP contribution in [0, 0.1) is 5.92 Å². The minimum absolute atomic E-state index is 0.0317. The molecule has 1 N–H and O–H groups in total. The maximum atomic E-state index is 11.8. The molecule has 1 aromatic carbocycles. The third-order valence-electron chi connectivity index (χ3n) is 3.93. The Morgan fingerprint density at radius 3 is 2.52 bits per heavy atom. The Labute approximate surface area is 134 Å². The van der Waals surface area contributed by atoms with E-state index in [9.17, 15) is 9.59 Å². The van der Waals surface area contributed by atoms with E-state index >= 15 is 0 Å². The minimum Gasteiger partial charge on any atom is -0.371 e. The molecular formula is C16H21BrN2O2. The van der Waals surface area contributed by atoms with Gasteiger partial charge in [-0.15, -0.1) is 0 Å². The van der Waals surface area contributed by atoms with Crippen LogP contribution in [0.3, 0.4) is 0 Å². The van der Waals surface area contributed by atoms with Gasteiger partial charge < -0.3 is 10.2 Å². The first-order chi connectivity index (χ1) is 9.97. The summed E-state index contributed by atoms with van der Waals surface area (Å²) in [4.78, 5) is 25.0. The molecule has 1 saturated heterocycles. The molecule has 1 amide bonds. The number of anilines is 1. The van der Waals surface area contributed by atoms with Crippen LogP contribution in [0.2, 0.25) is 0 Å². The first-order valence-corrected chi connectivity index (χ1v) is 8.06. The van der Waals surface area contributed by atoms with Crippen molar-refractivity contribution < 1.29 is 9.59 Å². The van der Waals surface area contributed by atoms with Gasteiger partial charge in [0.25, 0.3) is 0 Å². The molecule has 0 atom stereocenters. The van der Waals surface area contributed by atoms with Crippen molar-refractivity contribution >= 4 is 33.3 Å². The SMILES string of the molecule is CC(=O)NCC1CCN(c2ccc(Br)cc2C(C)=O)CC1. The molecule has 1 fully saturated rings. The maximum Gasteiger partial charge on any atom is 0.216 e. The summed E-state index contributed by atoms with van der Waals surface area (Å²) in [6.07, 6.45) is 2.07. The summed E-state index contributed by atoms with van der Waals surface area (Å²) in [5.74, 6) is 0.650. The Balaban J connectivity index is 2.02. The van der Waals surface area contributed by atoms with Crippen molar-refractivity contribution in [3.8, 4) is 0 Å². The highest BCUT2D eigenvalue weighted by molar-refractivity contribution is 9.10. The smallest absolute Gasteiger partial charge is 0.216 e. The van der Waals surface area contributed by atoms with Crippen LogP contribution in [0.15, 0.2) is 22.7 Å². The summed E-state index contributed by atoms with van der Waals surface area (Å²) in [6.45, 7) is 5.76. The third kappa shape index (κ3) is 4.30. The van der Waals surface area contributed by atoms with E-state index in [2.05, 4.69) is 26.1 Å². The van der Waals surface area contributed by atoms with Crippen molar-refractivity contribution in [1.82, 2.24) is 5.32 Å². The predicted molar refractivity (Wildman–Crippen MR) is 87.8 cm³/mol. The topological polar surface area (TPSA) is 49.4 Å². The van der Waals surface area contributed by atoms with Gasteiger partial charge in [0.1, 0.15) is 0 Å². The molecule has 0 aromatic heterocycles. The van der Waals surface area contributed by atoms with E-state index < -0.39 is 0 Å². The van der Waals surface area contributed by atoms with E-state index in [-0.39, 0.29) is 11.7 Å². The molecule has 0 unspecified atom stereocenters. The van der Waals surface area contributed by atoms with Gasteiger partial charge in [-0.2, -0.15) is 0 Å². The molecule has 1 aliphatic rings. The normalized spacial score (nSPS) is 15.9. The predicted octanol–water partition coefficient (Wildman–Crippen LogP) is 3.00. The van der Waals surface area contributed by atoms with E-state index in [4.69, 9.17) is 0 Å². The zero-order valence-corrected chi connectivity index (χ0v) is 14.1. The highest BCUT2D eigenvalue weighted by atomic mass is 79.9. The first kappa shape index (κ1) is 16.0. The number of hydrogen-bond acceptors (Lipinski definition) is 3. The van der Waals surface area contributed by atoms with E-state index in [1.165, 1.54) is 0 Å². The number of piperidine rings is 1. The van der Waals surface area contributed by atoms with E-state index in [1.54, 1.807) is 13.8 Å². The number of nitrogens with zero attached hydrogens (tertiary/aromatic N) is 1. The van der Waals surface area contributed by atoms with Gasteiger partial charge in [0.05, 0.1) is 0 Å². The molecule has 0 radical (unpaired) electrons. The molecule has 0 spiro atoms. The van der Waals surface area contributed by atoms with Crippen molar-refractivity contribution in [2.24, 2.45) is 5.92 Å². The zero-order valence-electron chi connectivity index (χ0n) is 12.5. The minimum atomic E-state index is 0.0317. The monoisotopic (exact) mass is 352 g/mol. The lowest BCUT2D eigenvalue weighted by Gasteiger charge is -2.34. The third-order valence-corrected chi connectivity index (χ3v) is 4.43. The number of amides is 1. The Morgan fingerprint density at radius 2 is 1.95 bits per heavy atom. The molecular weight excluding hydrogens is 332 g/mol. The van der Waals surface area contributed by atoms with E-state index in [0.717, 1.165) is 48.2 Å². The standard InChI is InChI=1S/C16H21BrN2O2/c1-11(20)15-9-14(17)3-4-16(15)19-7-5-13(6-8-19)10-18-12(2)21/h3-4,9,13H,5-8,10H2,1-2H3,(H,18,21). The average molecular weight is 353 g/mol. The number of ketones is 1. The summed E-state index contributed by atoms with van der Waals surface area (Å²) in [5, 5.41) is 2.89. The van der Waals surface area contributed by atoms with Gasteiger partial charge in [-0.05, 0) is 43.9 Å². The number of Topliss-reactive ketones (excluding diaryl/α,β-unsaturated/α-hetero) is 1. The lowest BCUT2D eigenvalue weighted by atomic mass is 9.95. The summed E-state index contributed by atoms with van der Waals surface area (Å²) >= 11 is 3.42. The molecule has 1 aliphatic heterocycles. The Bertz CT molecular complexity index is 537. The number of halogens is 1. The highest BCUT2D eigenvalue weighted by Gasteiger charge is 2.22. The molecule has 0 aliphatic carbocycles. The van der Waals surface area contributed by atoms with Crippen LogP contribution in [-0.2, 0) is 4.79 Å². The molecule has 21 heavy (non-hydrogen) atoms. The van der Waals surface area contributed by atoms with Crippen molar-refractivity contribution in [3.63, 3.8) is 0 Å². The summed E-state index contributed by atoms with van der Waals surface area (Å²) in [5.41, 5.74) is 1.79. The van der Waals surface area contributed by atoms with Gasteiger partial charge in [-0.25, -0.2) is 0 Å². The van der Waals surface area contributed by atoms with Gasteiger partial charge in [0.15, 0.2) is 5.78 Å². The van der Waals surface area contributed by atoms with Crippen molar-refractivity contribution in [2.75, 3.05) is 24.5 Å². The molecule has 5 heteroatoms. The van der Waals surface area contributed by atoms with Crippen LogP contribution in [0.1, 0.15) is 37.0 Å². The molecule has 0 saturated carbocycles. The number of carbonyl (C=O) groups excluding carboxylic acids is 2. The summed E-state index contributed by atoms with van der Waals surface area (Å²) < 4.78 is 0.928. The fourth-order valence-corrected chi connectivity index (χ4v) is 3.09. The van der Waals surface area contributed by atoms with Crippen LogP contribution in [0.25, 0.3) is 0 Å². The number of nitrogens with one attached hydrogen (secondary N) is 1. The second kappa shape index (κ2) is 7.07. The lowest BCUT2D eigenvalue weighted by Crippen LogP contribution is -2.38. The molecule has 0 bridgehead atoms. The highest BCUT2D eigenvalue weighted by Crippen LogP contribution is 2.29. The molecule has 1 aromatic rings. The van der Waals surface area contributed by atoms with E-state index in [0.29, 0.717) is 5.92 Å². The second-order valence-corrected chi connectivity index (χ2v) is 6.50. The van der Waals surface area contributed by atoms with Crippen molar-refractivity contribution in [2.45, 2.75) is 26.7 Å². The second-order valence-electron chi connectivity index (χ2n) is 5.59. The Hall–Kier alpha value is -1.36. The van der Waals surface area contributed by atoms with Crippen LogP contribution < -0.4 is 10.2 Å². The number of carbonyl (C=O) groups is 2. The molecule has 2 rings (SSSR count). The van der Waals surface area contributed by atoms with Crippen LogP contribution >= 0.6 is 15.9 Å². The summed E-state index contributed by atoms with van der Waals surface area (Å²) in [6, 6.07) is 5.88. The Kier molecular flexibility index (Phi) is 5.39. The fourth-order valence-electron chi connectivity index (χ4n) is 2.73. The Morgan fingerprint density at radius 1 is 1.29 bits per heavy atom. The largest absolute Gasteiger partial charge is 0.371 e. The molecule has 4 nitrogen and oxygen atoms in total. The lowest BCUT2D eigenvalue weighted by molar-refractivity contribution is -0.119. The van der Waals surface area contributed by atoms with Crippen LogP contribution in [0.5, 0.6) is 0 Å². The van der Waals surface area contributed by atoms with Gasteiger partial charge >= 0.3 is 0 Å². The number of rotatable bonds is 4. The zero-order chi connectivity index (χ0) is 15.4. The van der Waals surface area contributed by atoms with Crippen molar-refractivity contribution in [1.29, 1.82) is 0 Å². The van der Waals surface area contributed by atoms with Gasteiger partial charge in [-0.1, -0.05) is 15.9 Å². The van der Waals surface area contributed by atoms with Gasteiger partial charge in [-0.3, -0.25) is 9.59 Å². The molecule has 114 valence electrons. The molecule has 1 heterocycles. The summed E-state index contributed by atoms with van der Waals surface area (Å²) in [7, 11) is 0. The number of hydrogen-bond donors (Lipinski definition) is 1. The van der Waals surface area contributed by atoms with E-state index in [1.807, 2.05) is 18.2 Å². The van der Waals surface area contributed by atoms with Crippen LogP contribution in [0.4, 0.5) is 5.69 Å². The maximum absolute atomic E-state index is 11.8. The van der Waals surface area contributed by atoms with Crippen LogP contribution in [-0.4, -0.2) is 31.3 Å².